The monoisotopic (exact) mass is 1110 g/mol. The Balaban J connectivity index is 0.000000210. The molecule has 0 aromatic heterocycles. The Morgan fingerprint density at radius 1 is 0.792 bits per heavy atom. The molecule has 0 radical (unpaired) electrons. The Labute approximate surface area is 497 Å². The van der Waals surface area contributed by atoms with Crippen LogP contribution in [0.5, 0.6) is 11.5 Å². The molecule has 5 N–H and O–H groups in total. The number of ether oxygens (including phenoxy) is 6. The summed E-state index contributed by atoms with van der Waals surface area (Å²) in [6, 6.07) is 12.5. The quantitative estimate of drug-likeness (QED) is 0.0712. The molecule has 9 unspecified atom stereocenters. The zero-order chi connectivity index (χ0) is 53.3. The van der Waals surface area contributed by atoms with E-state index in [9.17, 15) is 40.7 Å². The predicted octanol–water partition coefficient (Wildman–Crippen LogP) is -0.248. The second-order valence-corrected chi connectivity index (χ2v) is 21.6. The molecule has 11 rings (SSSR count). The topological polar surface area (TPSA) is 273 Å². The summed E-state index contributed by atoms with van der Waals surface area (Å²) in [5, 5.41) is 72.3. The molecule has 21 heteroatoms. The van der Waals surface area contributed by atoms with Crippen molar-refractivity contribution in [3.05, 3.63) is 92.6 Å². The number of carboxylic acids is 1. The van der Waals surface area contributed by atoms with Gasteiger partial charge in [0.1, 0.15) is 47.7 Å². The van der Waals surface area contributed by atoms with Gasteiger partial charge in [0, 0.05) is 41.9 Å². The van der Waals surface area contributed by atoms with Crippen LogP contribution in [0.15, 0.2) is 64.3 Å². The molecule has 0 amide bonds. The van der Waals surface area contributed by atoms with E-state index < -0.39 is 72.5 Å². The number of aliphatic hydroxyl groups is 5. The minimum absolute atomic E-state index is 0. The van der Waals surface area contributed by atoms with Gasteiger partial charge in [-0.05, 0) is 138 Å². The third kappa shape index (κ3) is 11.6. The fourth-order valence-electron chi connectivity index (χ4n) is 13.8. The Bertz CT molecular complexity index is 2630. The van der Waals surface area contributed by atoms with Gasteiger partial charge in [-0.25, -0.2) is 4.89 Å². The van der Waals surface area contributed by atoms with Crippen LogP contribution >= 0.6 is 11.6 Å². The molecule has 77 heavy (non-hydrogen) atoms. The second-order valence-electron chi connectivity index (χ2n) is 21.2. The first-order valence-electron chi connectivity index (χ1n) is 26.2. The van der Waals surface area contributed by atoms with Crippen molar-refractivity contribution in [1.29, 1.82) is 5.26 Å². The van der Waals surface area contributed by atoms with Crippen molar-refractivity contribution < 1.29 is 142 Å². The molecule has 2 aromatic rings. The third-order valence-corrected chi connectivity index (χ3v) is 17.6. The van der Waals surface area contributed by atoms with Crippen LogP contribution in [0.4, 0.5) is 0 Å². The smallest absolute Gasteiger partial charge is 0.547 e. The number of nitriles is 1. The number of carboxylic acid groups (broad SMARTS) is 1. The number of hydrogen-bond acceptors (Lipinski definition) is 18. The summed E-state index contributed by atoms with van der Waals surface area (Å²) < 4.78 is 34.8. The van der Waals surface area contributed by atoms with Crippen LogP contribution in [0.25, 0.3) is 5.76 Å². The van der Waals surface area contributed by atoms with Crippen LogP contribution < -0.4 is 73.7 Å². The van der Waals surface area contributed by atoms with E-state index in [4.69, 9.17) is 59.4 Å². The second kappa shape index (κ2) is 26.5. The minimum Gasteiger partial charge on any atom is -0.547 e. The number of hydrogen-bond donors (Lipinski definition) is 5. The SMILES string of the molecule is CO/C(=C1\C2CCCC1C1=C(CCCC1)C2)c1ccc(Cl)c(OC2O[CH-][C@@H](O)[C@H](O)[C@@H]2C)c1.COC1(c2ccc(C#N)c(O[C@@H]3OC(C(=O)[O-])[C@@H](O)[C@H](O)C3O)c2)OOC12C1CCCC2C2=C(CCCC2)C1.O=C=O.[Na+].[Na+]. The van der Waals surface area contributed by atoms with Gasteiger partial charge in [-0.3, -0.25) is 0 Å². The van der Waals surface area contributed by atoms with E-state index in [-0.39, 0.29) is 88.4 Å². The Kier molecular flexibility index (Phi) is 21.3. The van der Waals surface area contributed by atoms with Crippen molar-refractivity contribution in [3.63, 3.8) is 0 Å². The first-order chi connectivity index (χ1) is 36.2. The molecule has 3 heterocycles. The summed E-state index contributed by atoms with van der Waals surface area (Å²) >= 11 is 6.48. The van der Waals surface area contributed by atoms with Crippen LogP contribution in [0.3, 0.4) is 0 Å². The Hall–Kier alpha value is -2.71. The van der Waals surface area contributed by atoms with E-state index in [0.29, 0.717) is 28.2 Å². The van der Waals surface area contributed by atoms with Crippen LogP contribution in [-0.4, -0.2) is 107 Å². The summed E-state index contributed by atoms with van der Waals surface area (Å²) in [5.74, 6) is -0.765. The molecule has 3 saturated heterocycles. The number of aliphatic carboxylic acids is 1. The molecule has 3 aliphatic heterocycles. The van der Waals surface area contributed by atoms with Gasteiger partial charge < -0.3 is 63.9 Å². The van der Waals surface area contributed by atoms with Crippen molar-refractivity contribution in [3.8, 4) is 17.6 Å². The largest absolute Gasteiger partial charge is 1.00 e. The van der Waals surface area contributed by atoms with E-state index >= 15 is 0 Å². The first-order valence-corrected chi connectivity index (χ1v) is 26.6. The molecule has 18 nitrogen and oxygen atoms in total. The van der Waals surface area contributed by atoms with E-state index in [1.807, 2.05) is 24.3 Å². The maximum atomic E-state index is 11.4. The van der Waals surface area contributed by atoms with Gasteiger partial charge in [0.2, 0.25) is 6.29 Å². The van der Waals surface area contributed by atoms with Crippen molar-refractivity contribution in [2.45, 2.75) is 170 Å². The molecule has 15 atom stereocenters. The Morgan fingerprint density at radius 2 is 1.47 bits per heavy atom. The summed E-state index contributed by atoms with van der Waals surface area (Å²) in [7, 11) is 3.32. The molecule has 1 spiro atoms. The zero-order valence-electron chi connectivity index (χ0n) is 44.3. The normalized spacial score (nSPS) is 36.3. The third-order valence-electron chi connectivity index (χ3n) is 17.3. The average molecular weight is 1110 g/mol. The van der Waals surface area contributed by atoms with Gasteiger partial charge >= 0.3 is 65.3 Å². The number of fused-ring (bicyclic) bond motifs is 4. The molecule has 2 saturated carbocycles. The fourth-order valence-corrected chi connectivity index (χ4v) is 13.9. The van der Waals surface area contributed by atoms with Crippen molar-refractivity contribution >= 4 is 29.5 Å². The van der Waals surface area contributed by atoms with Crippen LogP contribution in [-0.2, 0) is 48.9 Å². The molecule has 4 bridgehead atoms. The zero-order valence-corrected chi connectivity index (χ0v) is 49.1. The van der Waals surface area contributed by atoms with Crippen LogP contribution in [0.1, 0.15) is 126 Å². The van der Waals surface area contributed by atoms with Gasteiger partial charge in [0.25, 0.3) is 5.79 Å². The number of allylic oxidation sites excluding steroid dienone is 4. The Morgan fingerprint density at radius 3 is 2.13 bits per heavy atom. The summed E-state index contributed by atoms with van der Waals surface area (Å²) in [4.78, 5) is 39.6. The predicted molar refractivity (Wildman–Crippen MR) is 260 cm³/mol. The van der Waals surface area contributed by atoms with Gasteiger partial charge in [-0.15, -0.1) is 0 Å². The van der Waals surface area contributed by atoms with Gasteiger partial charge in [-0.1, -0.05) is 59.7 Å². The van der Waals surface area contributed by atoms with Gasteiger partial charge in [0.15, 0.2) is 11.9 Å². The fraction of sp³-hybridized carbons (Fsp3) is 0.607. The minimum atomic E-state index is -1.95. The van der Waals surface area contributed by atoms with Gasteiger partial charge in [-0.2, -0.15) is 26.3 Å². The summed E-state index contributed by atoms with van der Waals surface area (Å²) in [6.45, 7) is 3.00. The first kappa shape index (κ1) is 61.9. The summed E-state index contributed by atoms with van der Waals surface area (Å²) in [5.41, 5.74) is 8.64. The van der Waals surface area contributed by atoms with E-state index in [1.165, 1.54) is 93.2 Å². The molecular weight excluding hydrogens is 1040 g/mol. The summed E-state index contributed by atoms with van der Waals surface area (Å²) in [6.07, 6.45) is 6.70. The number of carbonyl (C=O) groups is 1. The van der Waals surface area contributed by atoms with E-state index in [0.717, 1.165) is 56.3 Å². The van der Waals surface area contributed by atoms with Gasteiger partial charge in [0.05, 0.1) is 29.8 Å². The number of nitrogens with zero attached hydrogens (tertiary/aromatic N) is 1. The molecular formula is C56H66ClNNa2O17. The molecule has 6 aliphatic carbocycles. The van der Waals surface area contributed by atoms with Crippen molar-refractivity contribution in [1.82, 2.24) is 0 Å². The van der Waals surface area contributed by atoms with Crippen LogP contribution in [0, 0.1) is 47.5 Å². The number of rotatable bonds is 9. The number of aliphatic hydroxyl groups excluding tert-OH is 5. The van der Waals surface area contributed by atoms with Crippen molar-refractivity contribution in [2.24, 2.45) is 29.6 Å². The number of methoxy groups -OCH3 is 2. The molecule has 5 fully saturated rings. The molecule has 9 aliphatic rings. The average Bonchev–Trinajstić information content (AvgIpc) is 3.42. The maximum absolute atomic E-state index is 11.4. The molecule has 406 valence electrons. The number of carbonyl (C=O) groups excluding carboxylic acids is 3. The van der Waals surface area contributed by atoms with E-state index in [1.54, 1.807) is 38.4 Å². The maximum Gasteiger partial charge on any atom is 1.00 e. The van der Waals surface area contributed by atoms with E-state index in [2.05, 4.69) is 0 Å². The number of halogens is 1. The number of benzene rings is 2. The standard InChI is InChI=1S/C28H33NO10.C27H34ClO5.CO2.2Na/c1-35-28(27(38-39-28)16-6-4-8-19(27)18-7-3-2-5-14(18)11-16)17-10-9-15(13-29)20(12-17)36-26-23(32)21(30)22(31)24(37-26)25(33)34;1-15-25(30)22(29)14-32-27(15)33-23-13-18(10-11-21(23)28)26(31-2)24-17-7-5-9-20(24)19-8-4-3-6-16(19)12-17;2-1-3;;/h9-10,12,16,19,21-24,26,30-32H,2-8,11H2,1H3,(H,33,34);10-11,13-15,17,20,22,25,27,29-30H,3-9,12H2,1-2H3;;;/q;-1;;2*+1/p-1/b;26-24+;;;/t16?,19?,21-,22-,23?,24?,26+,27?,28?;15-,17?,20?,22+,25+,27?;;;/m00.../s1. The molecule has 2 aromatic carbocycles. The van der Waals surface area contributed by atoms with Crippen molar-refractivity contribution in [2.75, 3.05) is 14.2 Å². The van der Waals surface area contributed by atoms with Crippen LogP contribution in [0.2, 0.25) is 5.02 Å².